The van der Waals surface area contributed by atoms with Crippen molar-refractivity contribution in [2.75, 3.05) is 0 Å². The Morgan fingerprint density at radius 1 is 0.633 bits per heavy atom. The van der Waals surface area contributed by atoms with Crippen LogP contribution in [0.3, 0.4) is 0 Å². The molecule has 0 aromatic heterocycles. The predicted octanol–water partition coefficient (Wildman–Crippen LogP) is 6.32. The standard InChI is InChI=1S/C28H40Si2/c1-3-29(21-23-11-7-5-8-12-23)27-17-15-26-20-28(18-16-25(26)19-27)30(4-2)22-24-13-9-6-10-14-24/h3-4,15-20,23-24,29-30H,1-2,5-14,21-22H2. The Morgan fingerprint density at radius 2 is 1.03 bits per heavy atom. The van der Waals surface area contributed by atoms with E-state index >= 15 is 0 Å². The topological polar surface area (TPSA) is 0 Å². The maximum absolute atomic E-state index is 4.24. The zero-order chi connectivity index (χ0) is 20.8. The molecule has 0 heterocycles. The summed E-state index contributed by atoms with van der Waals surface area (Å²) in [6.45, 7) is 8.49. The largest absolute Gasteiger partial charge is 0.107 e. The smallest absolute Gasteiger partial charge is 0.0937 e. The van der Waals surface area contributed by atoms with Crippen LogP contribution in [0.2, 0.25) is 12.1 Å². The van der Waals surface area contributed by atoms with E-state index in [4.69, 9.17) is 0 Å². The highest BCUT2D eigenvalue weighted by atomic mass is 28.3. The average Bonchev–Trinajstić information content (AvgIpc) is 2.81. The van der Waals surface area contributed by atoms with Gasteiger partial charge in [0.2, 0.25) is 0 Å². The maximum Gasteiger partial charge on any atom is 0.0937 e. The molecule has 4 rings (SSSR count). The van der Waals surface area contributed by atoms with Gasteiger partial charge in [-0.2, -0.15) is 0 Å². The van der Waals surface area contributed by atoms with Crippen LogP contribution < -0.4 is 10.4 Å². The van der Waals surface area contributed by atoms with Crippen LogP contribution in [-0.2, 0) is 0 Å². The molecule has 0 radical (unpaired) electrons. The van der Waals surface area contributed by atoms with Gasteiger partial charge >= 0.3 is 0 Å². The molecule has 2 unspecified atom stereocenters. The van der Waals surface area contributed by atoms with Crippen LogP contribution in [0.15, 0.2) is 61.0 Å². The molecule has 160 valence electrons. The van der Waals surface area contributed by atoms with Gasteiger partial charge in [0.15, 0.2) is 0 Å². The SMILES string of the molecule is C=C[SiH](CC1CCCCC1)c1ccc2cc([SiH](C=C)CC3CCCCC3)ccc2c1. The number of hydrogen-bond donors (Lipinski definition) is 0. The summed E-state index contributed by atoms with van der Waals surface area (Å²) >= 11 is 0. The van der Waals surface area contributed by atoms with Crippen molar-refractivity contribution in [3.05, 3.63) is 61.0 Å². The number of benzene rings is 2. The van der Waals surface area contributed by atoms with Gasteiger partial charge in [-0.1, -0.05) is 111 Å². The third-order valence-electron chi connectivity index (χ3n) is 7.94. The Morgan fingerprint density at radius 3 is 1.40 bits per heavy atom. The molecular formula is C28H40Si2. The van der Waals surface area contributed by atoms with Crippen molar-refractivity contribution in [2.24, 2.45) is 11.8 Å². The van der Waals surface area contributed by atoms with Gasteiger partial charge in [-0.25, -0.2) is 0 Å². The molecule has 2 aliphatic carbocycles. The van der Waals surface area contributed by atoms with Crippen LogP contribution in [0.5, 0.6) is 0 Å². The first-order valence-corrected chi connectivity index (χ1v) is 16.7. The van der Waals surface area contributed by atoms with Gasteiger partial charge < -0.3 is 0 Å². The minimum Gasteiger partial charge on any atom is -0.107 e. The molecule has 2 heteroatoms. The molecule has 0 saturated heterocycles. The Kier molecular flexibility index (Phi) is 7.84. The van der Waals surface area contributed by atoms with Crippen LogP contribution in [0, 0.1) is 11.8 Å². The van der Waals surface area contributed by atoms with E-state index in [-0.39, 0.29) is 0 Å². The monoisotopic (exact) mass is 432 g/mol. The molecule has 0 aliphatic heterocycles. The van der Waals surface area contributed by atoms with Gasteiger partial charge in [-0.3, -0.25) is 0 Å². The van der Waals surface area contributed by atoms with Crippen LogP contribution in [0.1, 0.15) is 64.2 Å². The number of hydrogen-bond acceptors (Lipinski definition) is 0. The molecule has 2 aliphatic rings. The van der Waals surface area contributed by atoms with Crippen molar-refractivity contribution < 1.29 is 0 Å². The summed E-state index contributed by atoms with van der Waals surface area (Å²) in [4.78, 5) is 0. The summed E-state index contributed by atoms with van der Waals surface area (Å²) in [5.41, 5.74) is 4.66. The van der Waals surface area contributed by atoms with Gasteiger partial charge in [0.1, 0.15) is 0 Å². The van der Waals surface area contributed by atoms with Crippen molar-refractivity contribution in [3.63, 3.8) is 0 Å². The molecule has 0 amide bonds. The number of rotatable bonds is 8. The second-order valence-corrected chi connectivity index (χ2v) is 15.7. The van der Waals surface area contributed by atoms with Crippen molar-refractivity contribution in [3.8, 4) is 0 Å². The summed E-state index contributed by atoms with van der Waals surface area (Å²) in [6, 6.07) is 17.5. The van der Waals surface area contributed by atoms with E-state index in [0.29, 0.717) is 0 Å². The molecule has 0 spiro atoms. The Labute approximate surface area is 187 Å². The van der Waals surface area contributed by atoms with E-state index in [9.17, 15) is 0 Å². The molecule has 0 N–H and O–H groups in total. The Balaban J connectivity index is 1.49. The van der Waals surface area contributed by atoms with E-state index in [1.165, 1.54) is 87.1 Å². The number of fused-ring (bicyclic) bond motifs is 1. The Bertz CT molecular complexity index is 772. The van der Waals surface area contributed by atoms with E-state index < -0.39 is 17.6 Å². The third-order valence-corrected chi connectivity index (χ3v) is 13.9. The van der Waals surface area contributed by atoms with Crippen LogP contribution in [-0.4, -0.2) is 17.6 Å². The predicted molar refractivity (Wildman–Crippen MR) is 141 cm³/mol. The lowest BCUT2D eigenvalue weighted by molar-refractivity contribution is 0.384. The van der Waals surface area contributed by atoms with Crippen LogP contribution in [0.4, 0.5) is 0 Å². The second kappa shape index (κ2) is 10.8. The average molecular weight is 433 g/mol. The lowest BCUT2D eigenvalue weighted by Gasteiger charge is -2.25. The normalized spacial score (nSPS) is 20.7. The molecule has 2 aromatic carbocycles. The minimum atomic E-state index is -1.06. The molecule has 2 saturated carbocycles. The maximum atomic E-state index is 4.24. The van der Waals surface area contributed by atoms with Gasteiger partial charge in [0.25, 0.3) is 0 Å². The van der Waals surface area contributed by atoms with Crippen molar-refractivity contribution >= 4 is 38.7 Å². The summed E-state index contributed by atoms with van der Waals surface area (Å²) in [6.07, 6.45) is 14.5. The van der Waals surface area contributed by atoms with Crippen molar-refractivity contribution in [1.82, 2.24) is 0 Å². The Hall–Kier alpha value is -1.39. The molecule has 2 fully saturated rings. The first-order chi connectivity index (χ1) is 14.8. The highest BCUT2D eigenvalue weighted by Gasteiger charge is 2.21. The quantitative estimate of drug-likeness (QED) is 0.428. The van der Waals surface area contributed by atoms with Gasteiger partial charge in [0.05, 0.1) is 17.6 Å². The zero-order valence-corrected chi connectivity index (χ0v) is 21.1. The van der Waals surface area contributed by atoms with Crippen LogP contribution >= 0.6 is 0 Å². The fraction of sp³-hybridized carbons (Fsp3) is 0.500. The first kappa shape index (κ1) is 21.8. The first-order valence-electron chi connectivity index (χ1n) is 12.6. The molecule has 2 atom stereocenters. The fourth-order valence-corrected chi connectivity index (χ4v) is 11.4. The fourth-order valence-electron chi connectivity index (χ4n) is 6.04. The summed E-state index contributed by atoms with van der Waals surface area (Å²) in [5.74, 6) is 1.90. The minimum absolute atomic E-state index is 0.950. The van der Waals surface area contributed by atoms with Gasteiger partial charge in [0, 0.05) is 0 Å². The molecule has 2 aromatic rings. The lowest BCUT2D eigenvalue weighted by atomic mass is 9.91. The van der Waals surface area contributed by atoms with Gasteiger partial charge in [-0.15, -0.1) is 24.6 Å². The highest BCUT2D eigenvalue weighted by Crippen LogP contribution is 2.29. The lowest BCUT2D eigenvalue weighted by Crippen LogP contribution is -2.32. The summed E-state index contributed by atoms with van der Waals surface area (Å²) in [7, 11) is -2.12. The van der Waals surface area contributed by atoms with Gasteiger partial charge in [-0.05, 0) is 34.7 Å². The van der Waals surface area contributed by atoms with Crippen LogP contribution in [0.25, 0.3) is 10.8 Å². The van der Waals surface area contributed by atoms with E-state index in [2.05, 4.69) is 61.0 Å². The van der Waals surface area contributed by atoms with E-state index in [1.54, 1.807) is 10.4 Å². The molecular weight excluding hydrogens is 392 g/mol. The molecule has 30 heavy (non-hydrogen) atoms. The zero-order valence-electron chi connectivity index (χ0n) is 18.8. The second-order valence-electron chi connectivity index (χ2n) is 10.0. The van der Waals surface area contributed by atoms with Crippen molar-refractivity contribution in [1.29, 1.82) is 0 Å². The molecule has 0 bridgehead atoms. The summed E-state index contributed by atoms with van der Waals surface area (Å²) in [5, 5.41) is 6.04. The third kappa shape index (κ3) is 5.45. The highest BCUT2D eigenvalue weighted by molar-refractivity contribution is 6.78. The van der Waals surface area contributed by atoms with Crippen molar-refractivity contribution in [2.45, 2.75) is 76.3 Å². The summed E-state index contributed by atoms with van der Waals surface area (Å²) < 4.78 is 0. The van der Waals surface area contributed by atoms with E-state index in [1.807, 2.05) is 0 Å². The van der Waals surface area contributed by atoms with E-state index in [0.717, 1.165) is 11.8 Å². The molecule has 0 nitrogen and oxygen atoms in total.